The Kier molecular flexibility index (Phi) is 5.66. The van der Waals surface area contributed by atoms with E-state index in [0.29, 0.717) is 0 Å². The number of alkyl halides is 1. The Labute approximate surface area is 163 Å². The minimum Gasteiger partial charge on any atom is -0.497 e. The molecule has 1 unspecified atom stereocenters. The number of benzene rings is 2. The van der Waals surface area contributed by atoms with E-state index in [1.165, 1.54) is 5.56 Å². The van der Waals surface area contributed by atoms with Crippen molar-refractivity contribution in [2.24, 2.45) is 0 Å². The molecule has 136 valence electrons. The van der Waals surface area contributed by atoms with Crippen molar-refractivity contribution in [3.8, 4) is 5.75 Å². The van der Waals surface area contributed by atoms with Gasteiger partial charge in [0.25, 0.3) is 0 Å². The van der Waals surface area contributed by atoms with E-state index >= 15 is 0 Å². The van der Waals surface area contributed by atoms with Crippen molar-refractivity contribution in [1.82, 2.24) is 0 Å². The molecule has 1 atom stereocenters. The van der Waals surface area contributed by atoms with Crippen LogP contribution in [0.5, 0.6) is 5.75 Å². The number of methoxy groups -OCH3 is 3. The zero-order chi connectivity index (χ0) is 18.6. The molecule has 1 aliphatic rings. The predicted octanol–water partition coefficient (Wildman–Crippen LogP) is 5.32. The third-order valence-corrected chi connectivity index (χ3v) is 5.87. The Morgan fingerprint density at radius 3 is 2.08 bits per heavy atom. The highest BCUT2D eigenvalue weighted by Gasteiger charge is 2.38. The topological polar surface area (TPSA) is 27.7 Å². The zero-order valence-corrected chi connectivity index (χ0v) is 16.8. The summed E-state index contributed by atoms with van der Waals surface area (Å²) in [6, 6.07) is 18.1. The van der Waals surface area contributed by atoms with Gasteiger partial charge in [0.2, 0.25) is 5.79 Å². The van der Waals surface area contributed by atoms with Crippen LogP contribution in [0.4, 0.5) is 0 Å². The Hall–Kier alpha value is -1.88. The summed E-state index contributed by atoms with van der Waals surface area (Å²) < 4.78 is 16.7. The third kappa shape index (κ3) is 3.37. The standard InChI is InChI=1S/C22H23BrO3/c1-24-20-11-9-17(10-12-20)21(23)15-13-19(14-16-21)22(25-2,26-3)18-7-5-4-6-8-18/h4-15H,16H2,1-3H3. The molecule has 3 nitrogen and oxygen atoms in total. The number of rotatable bonds is 6. The summed E-state index contributed by atoms with van der Waals surface area (Å²) in [5, 5.41) is 0. The van der Waals surface area contributed by atoms with Crippen LogP contribution in [-0.2, 0) is 19.6 Å². The van der Waals surface area contributed by atoms with E-state index in [4.69, 9.17) is 14.2 Å². The van der Waals surface area contributed by atoms with Gasteiger partial charge in [-0.25, -0.2) is 0 Å². The fourth-order valence-electron chi connectivity index (χ4n) is 3.32. The van der Waals surface area contributed by atoms with Crippen LogP contribution < -0.4 is 4.74 Å². The average Bonchev–Trinajstić information content (AvgIpc) is 2.71. The molecule has 0 bridgehead atoms. The summed E-state index contributed by atoms with van der Waals surface area (Å²) >= 11 is 3.89. The largest absolute Gasteiger partial charge is 0.497 e. The third-order valence-electron chi connectivity index (χ3n) is 4.82. The molecule has 1 aliphatic carbocycles. The van der Waals surface area contributed by atoms with E-state index in [1.807, 2.05) is 42.5 Å². The van der Waals surface area contributed by atoms with Crippen molar-refractivity contribution in [2.45, 2.75) is 16.5 Å². The number of hydrogen-bond donors (Lipinski definition) is 0. The smallest absolute Gasteiger partial charge is 0.221 e. The van der Waals surface area contributed by atoms with E-state index in [9.17, 15) is 0 Å². The highest BCUT2D eigenvalue weighted by molar-refractivity contribution is 9.09. The van der Waals surface area contributed by atoms with Crippen LogP contribution in [0.3, 0.4) is 0 Å². The Bertz CT molecular complexity index is 792. The first-order valence-electron chi connectivity index (χ1n) is 8.47. The molecule has 0 radical (unpaired) electrons. The van der Waals surface area contributed by atoms with Gasteiger partial charge in [-0.2, -0.15) is 0 Å². The van der Waals surface area contributed by atoms with Gasteiger partial charge < -0.3 is 14.2 Å². The van der Waals surface area contributed by atoms with Crippen LogP contribution in [0.25, 0.3) is 0 Å². The predicted molar refractivity (Wildman–Crippen MR) is 108 cm³/mol. The van der Waals surface area contributed by atoms with Crippen molar-refractivity contribution < 1.29 is 14.2 Å². The summed E-state index contributed by atoms with van der Waals surface area (Å²) in [5.74, 6) is -0.0610. The lowest BCUT2D eigenvalue weighted by molar-refractivity contribution is -0.184. The molecule has 0 heterocycles. The Balaban J connectivity index is 1.91. The molecule has 0 aliphatic heterocycles. The maximum Gasteiger partial charge on any atom is 0.221 e. The molecule has 2 aromatic rings. The quantitative estimate of drug-likeness (QED) is 0.472. The first kappa shape index (κ1) is 18.9. The molecule has 3 rings (SSSR count). The van der Waals surface area contributed by atoms with Gasteiger partial charge in [-0.1, -0.05) is 76.6 Å². The maximum absolute atomic E-state index is 5.84. The van der Waals surface area contributed by atoms with E-state index in [2.05, 4.69) is 46.3 Å². The molecule has 2 aromatic carbocycles. The average molecular weight is 415 g/mol. The van der Waals surface area contributed by atoms with Crippen LogP contribution in [0.2, 0.25) is 0 Å². The van der Waals surface area contributed by atoms with Crippen molar-refractivity contribution in [2.75, 3.05) is 21.3 Å². The fourth-order valence-corrected chi connectivity index (χ4v) is 3.88. The zero-order valence-electron chi connectivity index (χ0n) is 15.2. The van der Waals surface area contributed by atoms with Crippen molar-refractivity contribution in [3.63, 3.8) is 0 Å². The van der Waals surface area contributed by atoms with Crippen molar-refractivity contribution >= 4 is 15.9 Å². The van der Waals surface area contributed by atoms with Gasteiger partial charge in [0.05, 0.1) is 11.4 Å². The second-order valence-electron chi connectivity index (χ2n) is 6.18. The number of halogens is 1. The molecule has 0 N–H and O–H groups in total. The van der Waals surface area contributed by atoms with Crippen molar-refractivity contribution in [1.29, 1.82) is 0 Å². The van der Waals surface area contributed by atoms with Gasteiger partial charge >= 0.3 is 0 Å². The molecule has 0 saturated heterocycles. The summed E-state index contributed by atoms with van der Waals surface area (Å²) in [6.07, 6.45) is 7.17. The molecule has 4 heteroatoms. The van der Waals surface area contributed by atoms with Gasteiger partial charge in [0.15, 0.2) is 0 Å². The van der Waals surface area contributed by atoms with Gasteiger partial charge in [-0.05, 0) is 24.1 Å². The van der Waals surface area contributed by atoms with Crippen molar-refractivity contribution in [3.05, 3.63) is 89.5 Å². The van der Waals surface area contributed by atoms with Gasteiger partial charge in [-0.3, -0.25) is 0 Å². The second-order valence-corrected chi connectivity index (χ2v) is 7.59. The SMILES string of the molecule is COc1ccc(C2(Br)C=CC(C(OC)(OC)c3ccccc3)=CC2)cc1. The Morgan fingerprint density at radius 1 is 0.923 bits per heavy atom. The van der Waals surface area contributed by atoms with Crippen LogP contribution in [0.15, 0.2) is 78.4 Å². The number of hydrogen-bond acceptors (Lipinski definition) is 3. The summed E-state index contributed by atoms with van der Waals surface area (Å²) in [4.78, 5) is 0. The lowest BCUT2D eigenvalue weighted by Gasteiger charge is -2.36. The molecule has 0 fully saturated rings. The minimum absolute atomic E-state index is 0.257. The minimum atomic E-state index is -0.911. The van der Waals surface area contributed by atoms with Gasteiger partial charge in [0.1, 0.15) is 5.75 Å². The second kappa shape index (κ2) is 7.78. The number of allylic oxidation sites excluding steroid dienone is 2. The van der Waals surface area contributed by atoms with E-state index in [-0.39, 0.29) is 4.32 Å². The lowest BCUT2D eigenvalue weighted by atomic mass is 9.85. The van der Waals surface area contributed by atoms with Crippen LogP contribution >= 0.6 is 15.9 Å². The summed E-state index contributed by atoms with van der Waals surface area (Å²) in [6.45, 7) is 0. The first-order valence-corrected chi connectivity index (χ1v) is 9.26. The highest BCUT2D eigenvalue weighted by atomic mass is 79.9. The van der Waals surface area contributed by atoms with E-state index in [0.717, 1.165) is 23.3 Å². The van der Waals surface area contributed by atoms with Crippen LogP contribution in [0, 0.1) is 0 Å². The normalized spacial score (nSPS) is 19.9. The summed E-state index contributed by atoms with van der Waals surface area (Å²) in [7, 11) is 5.02. The molecular weight excluding hydrogens is 392 g/mol. The summed E-state index contributed by atoms with van der Waals surface area (Å²) in [5.41, 5.74) is 3.12. The highest BCUT2D eigenvalue weighted by Crippen LogP contribution is 2.44. The number of ether oxygens (including phenoxy) is 3. The Morgan fingerprint density at radius 2 is 1.58 bits per heavy atom. The van der Waals surface area contributed by atoms with Crippen LogP contribution in [-0.4, -0.2) is 21.3 Å². The molecule has 0 saturated carbocycles. The molecule has 0 amide bonds. The molecular formula is C22H23BrO3. The molecule has 0 spiro atoms. The van der Waals surface area contributed by atoms with E-state index < -0.39 is 5.79 Å². The molecule has 0 aromatic heterocycles. The monoisotopic (exact) mass is 414 g/mol. The van der Waals surface area contributed by atoms with Crippen LogP contribution in [0.1, 0.15) is 17.5 Å². The first-order chi connectivity index (χ1) is 12.6. The lowest BCUT2D eigenvalue weighted by Crippen LogP contribution is -2.34. The van der Waals surface area contributed by atoms with Gasteiger partial charge in [-0.15, -0.1) is 0 Å². The molecule has 26 heavy (non-hydrogen) atoms. The fraction of sp³-hybridized carbons (Fsp3) is 0.273. The maximum atomic E-state index is 5.84. The van der Waals surface area contributed by atoms with E-state index in [1.54, 1.807) is 21.3 Å². The van der Waals surface area contributed by atoms with Gasteiger partial charge in [0, 0.05) is 25.4 Å².